The van der Waals surface area contributed by atoms with Crippen LogP contribution in [0.5, 0.6) is 5.75 Å². The van der Waals surface area contributed by atoms with Gasteiger partial charge in [-0.05, 0) is 103 Å². The number of nitrogens with one attached hydrogen (secondary N) is 1. The highest BCUT2D eigenvalue weighted by molar-refractivity contribution is 6.00. The van der Waals surface area contributed by atoms with Crippen molar-refractivity contribution < 1.29 is 41.4 Å². The number of piperidine rings is 2. The molecule has 288 valence electrons. The van der Waals surface area contributed by atoms with Gasteiger partial charge in [-0.15, -0.1) is 0 Å². The van der Waals surface area contributed by atoms with E-state index in [2.05, 4.69) is 40.5 Å². The minimum atomic E-state index is -5.00. The fourth-order valence-corrected chi connectivity index (χ4v) is 8.19. The van der Waals surface area contributed by atoms with Gasteiger partial charge in [0, 0.05) is 18.5 Å². The topological polar surface area (TPSA) is 82.1 Å². The number of halogens is 5. The number of carboxylic acids is 1. The fourth-order valence-electron chi connectivity index (χ4n) is 8.19. The van der Waals surface area contributed by atoms with E-state index >= 15 is 0 Å². The summed E-state index contributed by atoms with van der Waals surface area (Å²) < 4.78 is 75.1. The largest absolute Gasteiger partial charge is 0.496 e. The van der Waals surface area contributed by atoms with Crippen LogP contribution in [0, 0.1) is 5.41 Å². The molecule has 4 aromatic rings. The predicted octanol–water partition coefficient (Wildman–Crippen LogP) is 7.96. The third-order valence-electron chi connectivity index (χ3n) is 11.3. The summed E-state index contributed by atoms with van der Waals surface area (Å²) in [5.74, 6) is -1.70. The predicted molar refractivity (Wildman–Crippen MR) is 198 cm³/mol. The maximum absolute atomic E-state index is 14.5. The standard InChI is InChI=1S/C42H46F5N3O4/c1-54-36-15-6-10-30(18-23-49-21-16-29(17-22-49)28-8-3-2-4-9-28)38(36)34-14-7-12-32-31(11-5-13-33(32)34)26-35(39(51)52)48-40(53)41(42(45,46)47)19-24-50(25-20-41)27-37(43)44/h2-15,29,35,37H,16-27H2,1H3,(H,48,53)(H,51,52)/t35-/m0/s1. The quantitative estimate of drug-likeness (QED) is 0.135. The number of hydrogen-bond donors (Lipinski definition) is 2. The number of nitrogens with zero attached hydrogens (tertiary/aromatic N) is 2. The van der Waals surface area contributed by atoms with Gasteiger partial charge in [0.1, 0.15) is 17.2 Å². The molecule has 0 radical (unpaired) electrons. The van der Waals surface area contributed by atoms with E-state index in [4.69, 9.17) is 4.74 Å². The van der Waals surface area contributed by atoms with Crippen LogP contribution in [0.1, 0.15) is 48.3 Å². The number of aliphatic carboxylic acids is 1. The van der Waals surface area contributed by atoms with E-state index in [1.807, 2.05) is 42.5 Å². The van der Waals surface area contributed by atoms with E-state index in [0.717, 1.165) is 61.0 Å². The lowest BCUT2D eigenvalue weighted by Gasteiger charge is -2.41. The van der Waals surface area contributed by atoms with Gasteiger partial charge in [-0.2, -0.15) is 13.2 Å². The van der Waals surface area contributed by atoms with Crippen molar-refractivity contribution in [1.82, 2.24) is 15.1 Å². The van der Waals surface area contributed by atoms with E-state index < -0.39 is 55.3 Å². The first-order chi connectivity index (χ1) is 25.9. The van der Waals surface area contributed by atoms with Gasteiger partial charge < -0.3 is 20.1 Å². The molecule has 0 spiro atoms. The van der Waals surface area contributed by atoms with Crippen molar-refractivity contribution in [2.45, 2.75) is 63.1 Å². The van der Waals surface area contributed by atoms with Gasteiger partial charge in [0.05, 0.1) is 13.7 Å². The zero-order valence-electron chi connectivity index (χ0n) is 30.3. The molecule has 0 unspecified atom stereocenters. The number of rotatable bonds is 13. The first kappa shape index (κ1) is 39.2. The molecule has 2 fully saturated rings. The number of methoxy groups -OCH3 is 1. The summed E-state index contributed by atoms with van der Waals surface area (Å²) in [4.78, 5) is 29.5. The number of carbonyl (C=O) groups excluding carboxylic acids is 1. The molecule has 1 atom stereocenters. The summed E-state index contributed by atoms with van der Waals surface area (Å²) in [6.45, 7) is 1.44. The van der Waals surface area contributed by atoms with Crippen LogP contribution in [0.2, 0.25) is 0 Å². The monoisotopic (exact) mass is 751 g/mol. The number of carbonyl (C=O) groups is 2. The Balaban J connectivity index is 1.22. The number of hydrogen-bond acceptors (Lipinski definition) is 5. The summed E-state index contributed by atoms with van der Waals surface area (Å²) >= 11 is 0. The van der Waals surface area contributed by atoms with Crippen LogP contribution in [-0.4, -0.2) is 91.8 Å². The molecule has 4 aromatic carbocycles. The molecular weight excluding hydrogens is 705 g/mol. The molecule has 0 saturated carbocycles. The minimum Gasteiger partial charge on any atom is -0.496 e. The lowest BCUT2D eigenvalue weighted by molar-refractivity contribution is -0.233. The first-order valence-electron chi connectivity index (χ1n) is 18.5. The number of amides is 1. The van der Waals surface area contributed by atoms with E-state index in [1.54, 1.807) is 19.2 Å². The number of ether oxygens (including phenoxy) is 1. The first-order valence-corrected chi connectivity index (χ1v) is 18.5. The second-order valence-electron chi connectivity index (χ2n) is 14.4. The van der Waals surface area contributed by atoms with Crippen LogP contribution in [0.15, 0.2) is 84.9 Å². The summed E-state index contributed by atoms with van der Waals surface area (Å²) in [5, 5.41) is 13.8. The van der Waals surface area contributed by atoms with Gasteiger partial charge in [0.25, 0.3) is 6.43 Å². The van der Waals surface area contributed by atoms with Crippen LogP contribution >= 0.6 is 0 Å². The van der Waals surface area contributed by atoms with Gasteiger partial charge in [-0.25, -0.2) is 13.6 Å². The fraction of sp³-hybridized carbons (Fsp3) is 0.429. The second-order valence-corrected chi connectivity index (χ2v) is 14.4. The van der Waals surface area contributed by atoms with Crippen molar-refractivity contribution in [2.24, 2.45) is 5.41 Å². The summed E-state index contributed by atoms with van der Waals surface area (Å²) in [5.41, 5.74) is 1.90. The number of fused-ring (bicyclic) bond motifs is 1. The number of benzene rings is 4. The third-order valence-corrected chi connectivity index (χ3v) is 11.3. The molecule has 0 aromatic heterocycles. The molecule has 12 heteroatoms. The molecule has 6 rings (SSSR count). The van der Waals surface area contributed by atoms with Gasteiger partial charge in [0.15, 0.2) is 0 Å². The lowest BCUT2D eigenvalue weighted by atomic mass is 9.76. The smallest absolute Gasteiger partial charge is 0.403 e. The Morgan fingerprint density at radius 1 is 0.852 bits per heavy atom. The Morgan fingerprint density at radius 2 is 1.50 bits per heavy atom. The summed E-state index contributed by atoms with van der Waals surface area (Å²) in [6.07, 6.45) is -6.53. The number of carboxylic acid groups (broad SMARTS) is 1. The summed E-state index contributed by atoms with van der Waals surface area (Å²) in [6, 6.07) is 26.0. The molecule has 2 aliphatic heterocycles. The van der Waals surface area contributed by atoms with E-state index in [1.165, 1.54) is 10.5 Å². The van der Waals surface area contributed by atoms with Gasteiger partial charge in [0.2, 0.25) is 5.91 Å². The normalized spacial score (nSPS) is 17.8. The highest BCUT2D eigenvalue weighted by Crippen LogP contribution is 2.47. The number of alkyl halides is 5. The Morgan fingerprint density at radius 3 is 2.15 bits per heavy atom. The van der Waals surface area contributed by atoms with Crippen molar-refractivity contribution in [3.8, 4) is 16.9 Å². The van der Waals surface area contributed by atoms with Crippen molar-refractivity contribution >= 4 is 22.6 Å². The van der Waals surface area contributed by atoms with Gasteiger partial charge in [-0.1, -0.05) is 78.9 Å². The Hall–Kier alpha value is -4.55. The maximum atomic E-state index is 14.5. The molecule has 2 aliphatic rings. The summed E-state index contributed by atoms with van der Waals surface area (Å²) in [7, 11) is 1.62. The Labute approximate surface area is 312 Å². The van der Waals surface area contributed by atoms with Crippen LogP contribution in [0.25, 0.3) is 21.9 Å². The second kappa shape index (κ2) is 16.9. The van der Waals surface area contributed by atoms with Crippen LogP contribution in [0.4, 0.5) is 22.0 Å². The van der Waals surface area contributed by atoms with Crippen molar-refractivity contribution in [2.75, 3.05) is 46.4 Å². The zero-order valence-corrected chi connectivity index (χ0v) is 30.3. The zero-order chi connectivity index (χ0) is 38.5. The SMILES string of the molecule is COc1cccc(CCN2CCC(c3ccccc3)CC2)c1-c1cccc2c(C[C@H](NC(=O)C3(C(F)(F)F)CCN(CC(F)F)CC3)C(=O)O)cccc12. The Kier molecular flexibility index (Phi) is 12.2. The molecule has 54 heavy (non-hydrogen) atoms. The van der Waals surface area contributed by atoms with Crippen LogP contribution in [0.3, 0.4) is 0 Å². The average molecular weight is 752 g/mol. The molecular formula is C42H46F5N3O4. The number of likely N-dealkylation sites (tertiary alicyclic amines) is 2. The molecule has 2 saturated heterocycles. The minimum absolute atomic E-state index is 0.273. The van der Waals surface area contributed by atoms with Crippen molar-refractivity contribution in [1.29, 1.82) is 0 Å². The molecule has 2 heterocycles. The van der Waals surface area contributed by atoms with Crippen LogP contribution < -0.4 is 10.1 Å². The van der Waals surface area contributed by atoms with Gasteiger partial charge >= 0.3 is 12.1 Å². The van der Waals surface area contributed by atoms with E-state index in [0.29, 0.717) is 22.6 Å². The third kappa shape index (κ3) is 8.55. The lowest BCUT2D eigenvalue weighted by Crippen LogP contribution is -2.59. The maximum Gasteiger partial charge on any atom is 0.403 e. The van der Waals surface area contributed by atoms with Gasteiger partial charge in [-0.3, -0.25) is 9.69 Å². The van der Waals surface area contributed by atoms with Crippen molar-refractivity contribution in [3.63, 3.8) is 0 Å². The molecule has 1 amide bonds. The van der Waals surface area contributed by atoms with Crippen LogP contribution in [-0.2, 0) is 22.4 Å². The van der Waals surface area contributed by atoms with E-state index in [-0.39, 0.29) is 19.5 Å². The highest BCUT2D eigenvalue weighted by atomic mass is 19.4. The highest BCUT2D eigenvalue weighted by Gasteiger charge is 2.61. The average Bonchev–Trinajstić information content (AvgIpc) is 3.16. The Bertz CT molecular complexity index is 1910. The molecule has 2 N–H and O–H groups in total. The molecule has 7 nitrogen and oxygen atoms in total. The molecule has 0 bridgehead atoms. The molecule has 0 aliphatic carbocycles. The van der Waals surface area contributed by atoms with E-state index in [9.17, 15) is 36.6 Å². The van der Waals surface area contributed by atoms with Crippen molar-refractivity contribution in [3.05, 3.63) is 102 Å².